The molecule has 1 atom stereocenters. The van der Waals surface area contributed by atoms with Gasteiger partial charge in [-0.25, -0.2) is 0 Å². The van der Waals surface area contributed by atoms with Crippen molar-refractivity contribution in [2.75, 3.05) is 13.2 Å². The predicted octanol–water partition coefficient (Wildman–Crippen LogP) is 2.28. The molecule has 2 nitrogen and oxygen atoms in total. The topological polar surface area (TPSA) is 32.3 Å². The molecule has 1 rings (SSSR count). The minimum Gasteiger partial charge on any atom is -0.394 e. The van der Waals surface area contributed by atoms with Crippen LogP contribution in [0.3, 0.4) is 0 Å². The third kappa shape index (κ3) is 4.28. The van der Waals surface area contributed by atoms with Crippen LogP contribution in [0.2, 0.25) is 0 Å². The summed E-state index contributed by atoms with van der Waals surface area (Å²) in [6, 6.07) is 10.0. The maximum atomic E-state index is 9.26. The van der Waals surface area contributed by atoms with Gasteiger partial charge >= 0.3 is 0 Å². The lowest BCUT2D eigenvalue weighted by Gasteiger charge is -2.15. The third-order valence-electron chi connectivity index (χ3n) is 2.26. The van der Waals surface area contributed by atoms with E-state index < -0.39 is 0 Å². The van der Waals surface area contributed by atoms with Crippen molar-refractivity contribution in [2.24, 2.45) is 0 Å². The quantitative estimate of drug-likeness (QED) is 0.723. The maximum Gasteiger partial charge on any atom is 0.0626 e. The zero-order valence-corrected chi connectivity index (χ0v) is 9.40. The first-order valence-electron chi connectivity index (χ1n) is 5.26. The Balaban J connectivity index is 2.54. The molecule has 0 aliphatic heterocycles. The molecule has 0 aliphatic rings. The molecule has 0 aromatic heterocycles. The van der Waals surface area contributed by atoms with Crippen molar-refractivity contribution in [3.8, 4) is 0 Å². The molecule has 0 unspecified atom stereocenters. The van der Waals surface area contributed by atoms with Gasteiger partial charge in [0, 0.05) is 6.54 Å². The Kier molecular flexibility index (Phi) is 5.08. The van der Waals surface area contributed by atoms with E-state index in [1.54, 1.807) is 0 Å². The Morgan fingerprint density at radius 2 is 2.00 bits per heavy atom. The molecule has 0 saturated heterocycles. The highest BCUT2D eigenvalue weighted by Gasteiger charge is 2.07. The van der Waals surface area contributed by atoms with E-state index in [-0.39, 0.29) is 12.6 Å². The van der Waals surface area contributed by atoms with Gasteiger partial charge in [0.2, 0.25) is 0 Å². The summed E-state index contributed by atoms with van der Waals surface area (Å²) < 4.78 is 0. The van der Waals surface area contributed by atoms with Crippen LogP contribution in [-0.2, 0) is 0 Å². The van der Waals surface area contributed by atoms with Crippen LogP contribution in [0.5, 0.6) is 0 Å². The molecule has 1 aromatic carbocycles. The number of aliphatic hydroxyl groups is 1. The molecule has 0 spiro atoms. The van der Waals surface area contributed by atoms with Crippen molar-refractivity contribution in [1.82, 2.24) is 5.32 Å². The lowest BCUT2D eigenvalue weighted by Crippen LogP contribution is -2.24. The van der Waals surface area contributed by atoms with Gasteiger partial charge in [0.1, 0.15) is 0 Å². The van der Waals surface area contributed by atoms with Crippen LogP contribution in [-0.4, -0.2) is 18.3 Å². The second-order valence-corrected chi connectivity index (χ2v) is 3.84. The van der Waals surface area contributed by atoms with E-state index in [4.69, 9.17) is 0 Å². The Morgan fingerprint density at radius 3 is 2.53 bits per heavy atom. The molecular formula is C13H19NO. The van der Waals surface area contributed by atoms with E-state index in [9.17, 15) is 5.11 Å². The van der Waals surface area contributed by atoms with Gasteiger partial charge in [-0.2, -0.15) is 0 Å². The average Bonchev–Trinajstić information content (AvgIpc) is 2.25. The average molecular weight is 205 g/mol. The first-order chi connectivity index (χ1) is 7.24. The van der Waals surface area contributed by atoms with E-state index in [2.05, 4.69) is 25.2 Å². The van der Waals surface area contributed by atoms with Crippen LogP contribution in [0.15, 0.2) is 42.0 Å². The van der Waals surface area contributed by atoms with Crippen molar-refractivity contribution in [3.63, 3.8) is 0 Å². The van der Waals surface area contributed by atoms with Gasteiger partial charge in [0.25, 0.3) is 0 Å². The van der Waals surface area contributed by atoms with E-state index in [0.717, 1.165) is 12.1 Å². The highest BCUT2D eigenvalue weighted by Crippen LogP contribution is 2.10. The molecule has 2 heteroatoms. The highest BCUT2D eigenvalue weighted by molar-refractivity contribution is 5.19. The summed E-state index contributed by atoms with van der Waals surface area (Å²) >= 11 is 0. The highest BCUT2D eigenvalue weighted by atomic mass is 16.3. The molecule has 0 fully saturated rings. The van der Waals surface area contributed by atoms with E-state index in [0.29, 0.717) is 0 Å². The molecule has 15 heavy (non-hydrogen) atoms. The largest absolute Gasteiger partial charge is 0.394 e. The maximum absolute atomic E-state index is 9.26. The number of aliphatic hydroxyl groups excluding tert-OH is 1. The number of hydrogen-bond donors (Lipinski definition) is 2. The molecule has 0 amide bonds. The lowest BCUT2D eigenvalue weighted by molar-refractivity contribution is 0.248. The Hall–Kier alpha value is -1.12. The molecule has 0 aliphatic carbocycles. The Morgan fingerprint density at radius 1 is 1.33 bits per heavy atom. The molecule has 0 radical (unpaired) electrons. The van der Waals surface area contributed by atoms with Gasteiger partial charge in [0.05, 0.1) is 12.6 Å². The molecule has 2 N–H and O–H groups in total. The zero-order valence-electron chi connectivity index (χ0n) is 9.40. The fraction of sp³-hybridized carbons (Fsp3) is 0.385. The summed E-state index contributed by atoms with van der Waals surface area (Å²) in [6.45, 7) is 5.05. The molecule has 1 aromatic rings. The number of benzene rings is 1. The van der Waals surface area contributed by atoms with E-state index in [1.165, 1.54) is 5.57 Å². The van der Waals surface area contributed by atoms with Crippen molar-refractivity contribution < 1.29 is 5.11 Å². The van der Waals surface area contributed by atoms with Gasteiger partial charge in [-0.05, 0) is 19.4 Å². The van der Waals surface area contributed by atoms with Gasteiger partial charge < -0.3 is 10.4 Å². The second-order valence-electron chi connectivity index (χ2n) is 3.84. The number of nitrogens with one attached hydrogen (secondary N) is 1. The first kappa shape index (κ1) is 12.0. The lowest BCUT2D eigenvalue weighted by atomic mass is 10.1. The van der Waals surface area contributed by atoms with Gasteiger partial charge in [-0.15, -0.1) is 0 Å². The third-order valence-corrected chi connectivity index (χ3v) is 2.26. The van der Waals surface area contributed by atoms with Crippen LogP contribution < -0.4 is 5.32 Å². The van der Waals surface area contributed by atoms with Gasteiger partial charge in [-0.3, -0.25) is 0 Å². The van der Waals surface area contributed by atoms with E-state index >= 15 is 0 Å². The first-order valence-corrected chi connectivity index (χ1v) is 5.26. The van der Waals surface area contributed by atoms with Crippen molar-refractivity contribution >= 4 is 0 Å². The van der Waals surface area contributed by atoms with Crippen LogP contribution in [0.4, 0.5) is 0 Å². The van der Waals surface area contributed by atoms with Crippen LogP contribution in [0, 0.1) is 0 Å². The Bertz CT molecular complexity index is 302. The summed E-state index contributed by atoms with van der Waals surface area (Å²) in [5.74, 6) is 0. The van der Waals surface area contributed by atoms with Crippen LogP contribution in [0.1, 0.15) is 25.5 Å². The summed E-state index contributed by atoms with van der Waals surface area (Å²) in [7, 11) is 0. The Labute approximate surface area is 91.6 Å². The fourth-order valence-corrected chi connectivity index (χ4v) is 1.38. The second kappa shape index (κ2) is 6.38. The predicted molar refractivity (Wildman–Crippen MR) is 63.7 cm³/mol. The van der Waals surface area contributed by atoms with Crippen molar-refractivity contribution in [3.05, 3.63) is 47.5 Å². The minimum absolute atomic E-state index is 0.0294. The van der Waals surface area contributed by atoms with Gasteiger partial charge in [-0.1, -0.05) is 42.0 Å². The summed E-state index contributed by atoms with van der Waals surface area (Å²) in [5, 5.41) is 12.6. The summed E-state index contributed by atoms with van der Waals surface area (Å²) in [4.78, 5) is 0. The van der Waals surface area contributed by atoms with E-state index in [1.807, 2.05) is 30.3 Å². The number of allylic oxidation sites excluding steroid dienone is 1. The standard InChI is InChI=1S/C13H19NO/c1-11(2)8-9-14-13(10-15)12-6-4-3-5-7-12/h3-8,13-15H,9-10H2,1-2H3/t13-/m1/s1. The molecule has 0 bridgehead atoms. The smallest absolute Gasteiger partial charge is 0.0626 e. The summed E-state index contributed by atoms with van der Waals surface area (Å²) in [5.41, 5.74) is 2.41. The zero-order chi connectivity index (χ0) is 11.1. The number of rotatable bonds is 5. The van der Waals surface area contributed by atoms with Crippen molar-refractivity contribution in [1.29, 1.82) is 0 Å². The van der Waals surface area contributed by atoms with Crippen LogP contribution in [0.25, 0.3) is 0 Å². The molecule has 0 heterocycles. The molecular weight excluding hydrogens is 186 g/mol. The minimum atomic E-state index is 0.0294. The number of hydrogen-bond acceptors (Lipinski definition) is 2. The van der Waals surface area contributed by atoms with Crippen LogP contribution >= 0.6 is 0 Å². The van der Waals surface area contributed by atoms with Gasteiger partial charge in [0.15, 0.2) is 0 Å². The fourth-order valence-electron chi connectivity index (χ4n) is 1.38. The normalized spacial score (nSPS) is 12.2. The summed E-state index contributed by atoms with van der Waals surface area (Å²) in [6.07, 6.45) is 2.12. The molecule has 82 valence electrons. The monoisotopic (exact) mass is 205 g/mol. The SMILES string of the molecule is CC(C)=CCN[C@H](CO)c1ccccc1. The van der Waals surface area contributed by atoms with Crippen molar-refractivity contribution in [2.45, 2.75) is 19.9 Å². The molecule has 0 saturated carbocycles.